The molecule has 0 radical (unpaired) electrons. The van der Waals surface area contributed by atoms with E-state index in [4.69, 9.17) is 34.4 Å². The van der Waals surface area contributed by atoms with Crippen molar-refractivity contribution >= 4 is 43.7 Å². The summed E-state index contributed by atoms with van der Waals surface area (Å²) in [7, 11) is 0. The molecule has 56 heavy (non-hydrogen) atoms. The molecule has 0 atom stereocenters. The lowest BCUT2D eigenvalue weighted by Crippen LogP contribution is -2.04. The van der Waals surface area contributed by atoms with Crippen molar-refractivity contribution in [3.8, 4) is 62.1 Å². The third kappa shape index (κ3) is 5.37. The summed E-state index contributed by atoms with van der Waals surface area (Å²) in [6.45, 7) is 0. The lowest BCUT2D eigenvalue weighted by molar-refractivity contribution is 0.669. The first-order valence-electron chi connectivity index (χ1n) is 26.7. The second kappa shape index (κ2) is 13.0. The number of rotatable bonds is 6. The number of benzene rings is 8. The number of hydrogen-bond donors (Lipinski definition) is 0. The maximum absolute atomic E-state index is 9.78. The summed E-state index contributed by atoms with van der Waals surface area (Å²) < 4.78 is 178. The molecule has 0 spiro atoms. The highest BCUT2D eigenvalue weighted by molar-refractivity contribution is 6.11. The van der Waals surface area contributed by atoms with Gasteiger partial charge in [0.25, 0.3) is 0 Å². The van der Waals surface area contributed by atoms with Crippen LogP contribution in [0.1, 0.15) is 26.0 Å². The van der Waals surface area contributed by atoms with Gasteiger partial charge in [-0.3, -0.25) is 0 Å². The highest BCUT2D eigenvalue weighted by Crippen LogP contribution is 2.40. The summed E-state index contributed by atoms with van der Waals surface area (Å²) in [6, 6.07) is 9.15. The number of furan rings is 1. The molecule has 262 valence electrons. The zero-order chi connectivity index (χ0) is 53.5. The minimum Gasteiger partial charge on any atom is -0.456 e. The van der Waals surface area contributed by atoms with Crippen LogP contribution in [0.3, 0.4) is 0 Å². The standard InChI is InChI=1S/C51H32N4O/c1-4-14-33(15-5-1)36-26-29-45-43(30-36)39-20-10-12-22-44(39)55(45)46-31-37(38-24-27-41-40-21-11-13-23-47(40)56-48(41)32-38)25-28-42(46)51-53-49(34-16-6-2-7-17-34)52-50(54-51)35-18-8-3-9-19-35/h1-32H/i1D,4D,5D,10D,11D,12D,13D,14D,15D,20D,21D,22D,23D,24D,26D,27D,29D,30D,32D. The molecule has 3 aromatic heterocycles. The molecular formula is C51H32N4O. The summed E-state index contributed by atoms with van der Waals surface area (Å²) in [6.07, 6.45) is 0. The van der Waals surface area contributed by atoms with Crippen molar-refractivity contribution in [1.82, 2.24) is 19.5 Å². The van der Waals surface area contributed by atoms with Crippen LogP contribution in [0.15, 0.2) is 198 Å². The van der Waals surface area contributed by atoms with Crippen molar-refractivity contribution in [2.24, 2.45) is 0 Å². The molecule has 0 aliphatic carbocycles. The van der Waals surface area contributed by atoms with Gasteiger partial charge in [0.1, 0.15) is 11.2 Å². The van der Waals surface area contributed by atoms with Gasteiger partial charge < -0.3 is 8.98 Å². The van der Waals surface area contributed by atoms with E-state index in [1.54, 1.807) is 60.7 Å². The van der Waals surface area contributed by atoms with Gasteiger partial charge in [-0.25, -0.2) is 15.0 Å². The predicted octanol–water partition coefficient (Wildman–Crippen LogP) is 13.2. The molecule has 0 saturated heterocycles. The average molecular weight is 736 g/mol. The third-order valence-electron chi connectivity index (χ3n) is 9.26. The largest absolute Gasteiger partial charge is 0.456 e. The molecule has 3 heterocycles. The Kier molecular flexibility index (Phi) is 4.22. The summed E-state index contributed by atoms with van der Waals surface area (Å²) in [4.78, 5) is 14.6. The fourth-order valence-electron chi connectivity index (χ4n) is 6.69. The van der Waals surface area contributed by atoms with Gasteiger partial charge in [-0.2, -0.15) is 0 Å². The Morgan fingerprint density at radius 3 is 1.79 bits per heavy atom. The SMILES string of the molecule is [2H]c1c([2H])c([2H])c(-c2c([2H])c([2H])c3c(c2[2H])c2c([2H])c([2H])c([2H])c([2H])c2n3-c2cc(-c3c([2H])c([2H])c4c(oc5c([2H])c([2H])c([2H])c([2H])c54)c3[2H])ccc2-c2nc(-c3ccccc3)nc(-c3ccccc3)n2)c([2H])c1[2H]. The third-order valence-corrected chi connectivity index (χ3v) is 9.26. The van der Waals surface area contributed by atoms with E-state index >= 15 is 0 Å². The lowest BCUT2D eigenvalue weighted by Gasteiger charge is -2.16. The molecular weight excluding hydrogens is 685 g/mol. The molecule has 11 rings (SSSR count). The van der Waals surface area contributed by atoms with E-state index in [1.165, 1.54) is 22.8 Å². The normalized spacial score (nSPS) is 16.3. The van der Waals surface area contributed by atoms with Gasteiger partial charge in [0.05, 0.1) is 42.8 Å². The van der Waals surface area contributed by atoms with Gasteiger partial charge in [0, 0.05) is 38.2 Å². The molecule has 8 aromatic carbocycles. The summed E-state index contributed by atoms with van der Waals surface area (Å²) in [5.74, 6) is 0.333. The van der Waals surface area contributed by atoms with Crippen molar-refractivity contribution in [3.63, 3.8) is 0 Å². The first-order valence-corrected chi connectivity index (χ1v) is 17.2. The Morgan fingerprint density at radius 2 is 1.02 bits per heavy atom. The van der Waals surface area contributed by atoms with Crippen LogP contribution in [0.5, 0.6) is 0 Å². The molecule has 0 amide bonds. The smallest absolute Gasteiger partial charge is 0.166 e. The van der Waals surface area contributed by atoms with E-state index in [-0.39, 0.29) is 83.6 Å². The van der Waals surface area contributed by atoms with E-state index in [0.29, 0.717) is 11.1 Å². The zero-order valence-corrected chi connectivity index (χ0v) is 28.7. The summed E-state index contributed by atoms with van der Waals surface area (Å²) in [5.41, 5.74) is -1.72. The lowest BCUT2D eigenvalue weighted by atomic mass is 10.00. The molecule has 5 nitrogen and oxygen atoms in total. The first kappa shape index (κ1) is 18.1. The molecule has 0 aliphatic heterocycles. The van der Waals surface area contributed by atoms with E-state index in [0.717, 1.165) is 0 Å². The van der Waals surface area contributed by atoms with E-state index in [1.807, 2.05) is 0 Å². The quantitative estimate of drug-likeness (QED) is 0.171. The van der Waals surface area contributed by atoms with E-state index in [9.17, 15) is 11.0 Å². The summed E-state index contributed by atoms with van der Waals surface area (Å²) >= 11 is 0. The van der Waals surface area contributed by atoms with E-state index < -0.39 is 126 Å². The van der Waals surface area contributed by atoms with Crippen LogP contribution in [0.25, 0.3) is 106 Å². The van der Waals surface area contributed by atoms with Gasteiger partial charge in [-0.05, 0) is 70.6 Å². The summed E-state index contributed by atoms with van der Waals surface area (Å²) in [5, 5.41) is -1.12. The van der Waals surface area contributed by atoms with Gasteiger partial charge in [-0.1, -0.05) is 145 Å². The van der Waals surface area contributed by atoms with Crippen molar-refractivity contribution in [3.05, 3.63) is 194 Å². The van der Waals surface area contributed by atoms with Crippen LogP contribution in [0.4, 0.5) is 0 Å². The van der Waals surface area contributed by atoms with Gasteiger partial charge in [0.2, 0.25) is 0 Å². The van der Waals surface area contributed by atoms with Gasteiger partial charge >= 0.3 is 0 Å². The predicted molar refractivity (Wildman–Crippen MR) is 229 cm³/mol. The number of para-hydroxylation sites is 2. The van der Waals surface area contributed by atoms with Crippen LogP contribution >= 0.6 is 0 Å². The fraction of sp³-hybridized carbons (Fsp3) is 0. The van der Waals surface area contributed by atoms with Crippen LogP contribution in [-0.2, 0) is 0 Å². The number of nitrogens with zero attached hydrogens (tertiary/aromatic N) is 4. The molecule has 11 aromatic rings. The number of aromatic nitrogens is 4. The van der Waals surface area contributed by atoms with Gasteiger partial charge in [0.15, 0.2) is 17.5 Å². The monoisotopic (exact) mass is 735 g/mol. The number of hydrogen-bond acceptors (Lipinski definition) is 4. The van der Waals surface area contributed by atoms with Gasteiger partial charge in [-0.15, -0.1) is 0 Å². The Balaban J connectivity index is 1.33. The zero-order valence-electron chi connectivity index (χ0n) is 47.7. The Bertz CT molecular complexity index is 4270. The topological polar surface area (TPSA) is 56.7 Å². The number of fused-ring (bicyclic) bond motifs is 6. The Labute approximate surface area is 349 Å². The average Bonchev–Trinajstić information content (AvgIpc) is 4.06. The maximum atomic E-state index is 9.78. The van der Waals surface area contributed by atoms with Crippen LogP contribution in [0, 0.1) is 0 Å². The Hall–Kier alpha value is -7.63. The first-order chi connectivity index (χ1) is 35.7. The highest BCUT2D eigenvalue weighted by Gasteiger charge is 2.21. The van der Waals surface area contributed by atoms with Crippen LogP contribution in [-0.4, -0.2) is 19.5 Å². The maximum Gasteiger partial charge on any atom is 0.166 e. The minimum absolute atomic E-state index is 0.00454. The van der Waals surface area contributed by atoms with Crippen molar-refractivity contribution in [1.29, 1.82) is 0 Å². The second-order valence-electron chi connectivity index (χ2n) is 12.6. The second-order valence-corrected chi connectivity index (χ2v) is 12.6. The molecule has 0 fully saturated rings. The highest BCUT2D eigenvalue weighted by atomic mass is 16.3. The molecule has 0 N–H and O–H groups in total. The van der Waals surface area contributed by atoms with E-state index in [2.05, 4.69) is 0 Å². The molecule has 0 aliphatic rings. The Morgan fingerprint density at radius 1 is 0.411 bits per heavy atom. The minimum atomic E-state index is -0.800. The molecule has 0 bridgehead atoms. The van der Waals surface area contributed by atoms with Crippen LogP contribution in [0.2, 0.25) is 0 Å². The van der Waals surface area contributed by atoms with Crippen LogP contribution < -0.4 is 0 Å². The molecule has 0 saturated carbocycles. The molecule has 5 heteroatoms. The van der Waals surface area contributed by atoms with Crippen molar-refractivity contribution in [2.75, 3.05) is 0 Å². The molecule has 0 unspecified atom stereocenters. The van der Waals surface area contributed by atoms with Crippen molar-refractivity contribution in [2.45, 2.75) is 0 Å². The van der Waals surface area contributed by atoms with Crippen molar-refractivity contribution < 1.29 is 30.5 Å². The fourth-order valence-corrected chi connectivity index (χ4v) is 6.69.